The molecule has 0 spiro atoms. The van der Waals surface area contributed by atoms with Crippen molar-refractivity contribution in [1.29, 1.82) is 0 Å². The van der Waals surface area contributed by atoms with E-state index in [4.69, 9.17) is 0 Å². The lowest BCUT2D eigenvalue weighted by Gasteiger charge is -2.36. The Morgan fingerprint density at radius 2 is 1.96 bits per heavy atom. The summed E-state index contributed by atoms with van der Waals surface area (Å²) in [5, 5.41) is 2.90. The lowest BCUT2D eigenvalue weighted by molar-refractivity contribution is 0.126. The maximum absolute atomic E-state index is 13.7. The van der Waals surface area contributed by atoms with E-state index in [9.17, 15) is 9.18 Å². The molecule has 0 unspecified atom stereocenters. The van der Waals surface area contributed by atoms with Crippen LogP contribution in [0.2, 0.25) is 0 Å². The van der Waals surface area contributed by atoms with Crippen LogP contribution in [0.5, 0.6) is 0 Å². The van der Waals surface area contributed by atoms with Gasteiger partial charge in [0.05, 0.1) is 0 Å². The van der Waals surface area contributed by atoms with E-state index < -0.39 is 0 Å². The van der Waals surface area contributed by atoms with Crippen LogP contribution >= 0.6 is 0 Å². The lowest BCUT2D eigenvalue weighted by atomic mass is 9.95. The fraction of sp³-hybridized carbons (Fsp3) is 0.632. The summed E-state index contributed by atoms with van der Waals surface area (Å²) in [6.45, 7) is 4.25. The number of hydrogen-bond acceptors (Lipinski definition) is 2. The molecule has 4 fully saturated rings. The van der Waals surface area contributed by atoms with E-state index >= 15 is 0 Å². The van der Waals surface area contributed by atoms with E-state index in [0.717, 1.165) is 25.6 Å². The van der Waals surface area contributed by atoms with Gasteiger partial charge in [0.15, 0.2) is 0 Å². The molecule has 3 heterocycles. The lowest BCUT2D eigenvalue weighted by Crippen LogP contribution is -2.46. The second kappa shape index (κ2) is 6.71. The summed E-state index contributed by atoms with van der Waals surface area (Å²) >= 11 is 0. The topological polar surface area (TPSA) is 35.6 Å². The molecule has 0 aromatic heterocycles. The molecule has 2 bridgehead atoms. The molecule has 2 atom stereocenters. The van der Waals surface area contributed by atoms with Crippen LogP contribution in [0.15, 0.2) is 24.3 Å². The molecule has 1 N–H and O–H groups in total. The fourth-order valence-electron chi connectivity index (χ4n) is 4.12. The number of benzene rings is 1. The molecule has 0 radical (unpaired) electrons. The number of amides is 2. The molecule has 3 aliphatic heterocycles. The molecule has 1 aromatic rings. The zero-order chi connectivity index (χ0) is 16.5. The summed E-state index contributed by atoms with van der Waals surface area (Å²) in [4.78, 5) is 17.1. The molecule has 5 rings (SSSR count). The zero-order valence-corrected chi connectivity index (χ0v) is 14.1. The normalized spacial score (nSPS) is 27.1. The first-order valence-electron chi connectivity index (χ1n) is 9.19. The Hall–Kier alpha value is -1.62. The van der Waals surface area contributed by atoms with Gasteiger partial charge in [0, 0.05) is 44.3 Å². The van der Waals surface area contributed by atoms with Gasteiger partial charge in [-0.25, -0.2) is 9.18 Å². The van der Waals surface area contributed by atoms with E-state index in [1.165, 1.54) is 38.3 Å². The van der Waals surface area contributed by atoms with Crippen LogP contribution in [-0.2, 0) is 6.54 Å². The van der Waals surface area contributed by atoms with Crippen molar-refractivity contribution in [3.8, 4) is 0 Å². The monoisotopic (exact) mass is 331 g/mol. The first-order chi connectivity index (χ1) is 11.7. The maximum atomic E-state index is 13.7. The molecule has 4 nitrogen and oxygen atoms in total. The van der Waals surface area contributed by atoms with E-state index in [2.05, 4.69) is 10.2 Å². The van der Waals surface area contributed by atoms with Crippen LogP contribution in [0.4, 0.5) is 9.18 Å². The molecule has 5 heteroatoms. The van der Waals surface area contributed by atoms with E-state index in [1.54, 1.807) is 18.2 Å². The number of piperidine rings is 1. The van der Waals surface area contributed by atoms with Gasteiger partial charge in [-0.05, 0) is 43.6 Å². The molecule has 130 valence electrons. The van der Waals surface area contributed by atoms with Gasteiger partial charge in [-0.3, -0.25) is 4.90 Å². The van der Waals surface area contributed by atoms with Crippen molar-refractivity contribution < 1.29 is 9.18 Å². The van der Waals surface area contributed by atoms with Crippen LogP contribution in [0.1, 0.15) is 31.2 Å². The third-order valence-electron chi connectivity index (χ3n) is 5.69. The second-order valence-corrected chi connectivity index (χ2v) is 7.65. The molecular formula is C19H26FN3O. The molecule has 1 saturated carbocycles. The minimum Gasteiger partial charge on any atom is -0.334 e. The van der Waals surface area contributed by atoms with E-state index in [-0.39, 0.29) is 18.4 Å². The largest absolute Gasteiger partial charge is 0.334 e. The molecule has 24 heavy (non-hydrogen) atoms. The van der Waals surface area contributed by atoms with Gasteiger partial charge >= 0.3 is 6.03 Å². The number of hydrogen-bond donors (Lipinski definition) is 1. The van der Waals surface area contributed by atoms with Gasteiger partial charge in [-0.2, -0.15) is 0 Å². The molecular weight excluding hydrogens is 305 g/mol. The van der Waals surface area contributed by atoms with Crippen molar-refractivity contribution >= 4 is 6.03 Å². The Morgan fingerprint density at radius 1 is 1.12 bits per heavy atom. The maximum Gasteiger partial charge on any atom is 0.317 e. The predicted molar refractivity (Wildman–Crippen MR) is 91.0 cm³/mol. The highest BCUT2D eigenvalue weighted by Crippen LogP contribution is 2.34. The summed E-state index contributed by atoms with van der Waals surface area (Å²) < 4.78 is 13.7. The summed E-state index contributed by atoms with van der Waals surface area (Å²) in [7, 11) is 0. The Bertz CT molecular complexity index is 604. The van der Waals surface area contributed by atoms with Crippen LogP contribution in [-0.4, -0.2) is 48.1 Å². The number of carbonyl (C=O) groups is 1. The van der Waals surface area contributed by atoms with Gasteiger partial charge in [-0.15, -0.1) is 0 Å². The van der Waals surface area contributed by atoms with Crippen molar-refractivity contribution in [1.82, 2.24) is 15.1 Å². The van der Waals surface area contributed by atoms with Crippen molar-refractivity contribution in [3.05, 3.63) is 35.6 Å². The van der Waals surface area contributed by atoms with Gasteiger partial charge in [0.1, 0.15) is 5.82 Å². The quantitative estimate of drug-likeness (QED) is 0.921. The first-order valence-corrected chi connectivity index (χ1v) is 9.19. The van der Waals surface area contributed by atoms with Crippen LogP contribution < -0.4 is 5.32 Å². The highest BCUT2D eigenvalue weighted by Gasteiger charge is 2.38. The third kappa shape index (κ3) is 3.56. The smallest absolute Gasteiger partial charge is 0.317 e. The number of halogens is 1. The minimum absolute atomic E-state index is 0.0524. The Kier molecular flexibility index (Phi) is 4.44. The molecule has 1 aliphatic carbocycles. The molecule has 3 saturated heterocycles. The van der Waals surface area contributed by atoms with E-state index in [1.807, 2.05) is 4.90 Å². The van der Waals surface area contributed by atoms with Gasteiger partial charge in [0.25, 0.3) is 0 Å². The summed E-state index contributed by atoms with van der Waals surface area (Å²) in [5.41, 5.74) is 0.541. The number of fused-ring (bicyclic) bond motifs is 4. The minimum atomic E-state index is -0.260. The predicted octanol–water partition coefficient (Wildman–Crippen LogP) is 2.84. The Labute approximate surface area is 143 Å². The van der Waals surface area contributed by atoms with Crippen molar-refractivity contribution in [3.63, 3.8) is 0 Å². The SMILES string of the molecule is O=C(NCc1ccccc1F)N1C[C@@H]2CC[C@H](C1)N(CC1CC1)C2. The number of urea groups is 1. The third-order valence-corrected chi connectivity index (χ3v) is 5.69. The summed E-state index contributed by atoms with van der Waals surface area (Å²) in [5.74, 6) is 1.22. The highest BCUT2D eigenvalue weighted by atomic mass is 19.1. The van der Waals surface area contributed by atoms with Crippen molar-refractivity contribution in [2.75, 3.05) is 26.2 Å². The van der Waals surface area contributed by atoms with E-state index in [0.29, 0.717) is 17.5 Å². The van der Waals surface area contributed by atoms with Crippen LogP contribution in [0.25, 0.3) is 0 Å². The van der Waals surface area contributed by atoms with Crippen molar-refractivity contribution in [2.45, 2.75) is 38.3 Å². The molecule has 4 aliphatic rings. The zero-order valence-electron chi connectivity index (χ0n) is 14.1. The van der Waals surface area contributed by atoms with Crippen LogP contribution in [0.3, 0.4) is 0 Å². The molecule has 2 amide bonds. The summed E-state index contributed by atoms with van der Waals surface area (Å²) in [6.07, 6.45) is 5.18. The number of carbonyl (C=O) groups excluding carboxylic acids is 1. The Balaban J connectivity index is 1.35. The van der Waals surface area contributed by atoms with Gasteiger partial charge in [0.2, 0.25) is 0 Å². The fourth-order valence-corrected chi connectivity index (χ4v) is 4.12. The average Bonchev–Trinajstić information content (AvgIpc) is 3.41. The summed E-state index contributed by atoms with van der Waals surface area (Å²) in [6, 6.07) is 7.07. The van der Waals surface area contributed by atoms with Crippen molar-refractivity contribution in [2.24, 2.45) is 11.8 Å². The number of nitrogens with one attached hydrogen (secondary N) is 1. The number of nitrogens with zero attached hydrogens (tertiary/aromatic N) is 2. The standard InChI is InChI=1S/C19H26FN3O/c20-18-4-2-1-3-16(18)9-21-19(24)23-12-15-7-8-17(13-23)22(11-15)10-14-5-6-14/h1-4,14-15,17H,5-13H2,(H,21,24)/t15-,17-/m1/s1. The Morgan fingerprint density at radius 3 is 2.75 bits per heavy atom. The first kappa shape index (κ1) is 15.9. The van der Waals surface area contributed by atoms with Crippen LogP contribution in [0, 0.1) is 17.7 Å². The molecule has 1 aromatic carbocycles. The van der Waals surface area contributed by atoms with Gasteiger partial charge in [-0.1, -0.05) is 18.2 Å². The highest BCUT2D eigenvalue weighted by molar-refractivity contribution is 5.74. The average molecular weight is 331 g/mol. The second-order valence-electron chi connectivity index (χ2n) is 7.65. The van der Waals surface area contributed by atoms with Gasteiger partial charge < -0.3 is 10.2 Å². The number of rotatable bonds is 4.